The molecule has 160 valence electrons. The largest absolute Gasteiger partial charge is 0.332 e. The number of anilines is 1. The number of nitrogens with zero attached hydrogens (tertiary/aromatic N) is 1. The fourth-order valence-corrected chi connectivity index (χ4v) is 3.99. The first kappa shape index (κ1) is 22.0. The first-order valence-electron chi connectivity index (χ1n) is 10.9. The number of amides is 2. The van der Waals surface area contributed by atoms with Crippen LogP contribution in [0.1, 0.15) is 18.1 Å². The summed E-state index contributed by atoms with van der Waals surface area (Å²) in [5.74, 6) is -0.130. The quantitative estimate of drug-likeness (QED) is 0.556. The van der Waals surface area contributed by atoms with Crippen molar-refractivity contribution in [3.8, 4) is 0 Å². The minimum atomic E-state index is -0.154. The van der Waals surface area contributed by atoms with Crippen LogP contribution in [-0.4, -0.2) is 63.0 Å². The van der Waals surface area contributed by atoms with Crippen LogP contribution in [0.3, 0.4) is 0 Å². The summed E-state index contributed by atoms with van der Waals surface area (Å²) in [7, 11) is 1.71. The smallest absolute Gasteiger partial charge is 0.277 e. The predicted octanol–water partition coefficient (Wildman–Crippen LogP) is -0.370. The highest BCUT2D eigenvalue weighted by atomic mass is 16.2. The zero-order chi connectivity index (χ0) is 21.3. The Labute approximate surface area is 179 Å². The van der Waals surface area contributed by atoms with Crippen molar-refractivity contribution in [1.82, 2.24) is 4.90 Å². The van der Waals surface area contributed by atoms with E-state index in [0.29, 0.717) is 6.54 Å². The van der Waals surface area contributed by atoms with E-state index in [1.807, 2.05) is 30.3 Å². The van der Waals surface area contributed by atoms with E-state index >= 15 is 0 Å². The lowest BCUT2D eigenvalue weighted by atomic mass is 10.1. The highest BCUT2D eigenvalue weighted by Crippen LogP contribution is 2.15. The fourth-order valence-electron chi connectivity index (χ4n) is 3.99. The van der Waals surface area contributed by atoms with Gasteiger partial charge >= 0.3 is 0 Å². The monoisotopic (exact) mass is 410 g/mol. The van der Waals surface area contributed by atoms with Crippen LogP contribution >= 0.6 is 0 Å². The van der Waals surface area contributed by atoms with E-state index in [0.717, 1.165) is 50.4 Å². The summed E-state index contributed by atoms with van der Waals surface area (Å²) < 4.78 is 0. The second kappa shape index (κ2) is 10.9. The maximum absolute atomic E-state index is 12.6. The highest BCUT2D eigenvalue weighted by molar-refractivity contribution is 5.95. The number of quaternary nitrogens is 2. The molecular weight excluding hydrogens is 376 g/mol. The van der Waals surface area contributed by atoms with Crippen molar-refractivity contribution in [1.29, 1.82) is 0 Å². The van der Waals surface area contributed by atoms with Crippen molar-refractivity contribution >= 4 is 17.5 Å². The van der Waals surface area contributed by atoms with Crippen LogP contribution in [0.15, 0.2) is 54.6 Å². The average molecular weight is 411 g/mol. The summed E-state index contributed by atoms with van der Waals surface area (Å²) in [5, 5.41) is 2.94. The number of hydrogen-bond acceptors (Lipinski definition) is 2. The molecular formula is C24H34N4O2+2. The van der Waals surface area contributed by atoms with E-state index < -0.39 is 0 Å². The van der Waals surface area contributed by atoms with Gasteiger partial charge in [0.05, 0.1) is 6.54 Å². The SMILES string of the molecule is CCc1ccccc1NC(=O)CN(C)C(=O)C[NH+]1CC[NH+](Cc2ccccc2)CC1. The van der Waals surface area contributed by atoms with E-state index in [1.165, 1.54) is 10.5 Å². The molecule has 6 nitrogen and oxygen atoms in total. The topological polar surface area (TPSA) is 58.3 Å². The Kier molecular flexibility index (Phi) is 7.99. The van der Waals surface area contributed by atoms with Crippen LogP contribution in [0.25, 0.3) is 0 Å². The van der Waals surface area contributed by atoms with Gasteiger partial charge in [-0.1, -0.05) is 55.5 Å². The van der Waals surface area contributed by atoms with Gasteiger partial charge in [-0.2, -0.15) is 0 Å². The number of likely N-dealkylation sites (N-methyl/N-ethyl adjacent to an activating group) is 1. The molecule has 0 aliphatic carbocycles. The molecule has 0 aromatic heterocycles. The van der Waals surface area contributed by atoms with Gasteiger partial charge in [0.25, 0.3) is 5.91 Å². The van der Waals surface area contributed by atoms with Crippen molar-refractivity contribution in [2.75, 3.05) is 51.6 Å². The standard InChI is InChI=1S/C24H32N4O2/c1-3-21-11-7-8-12-22(21)25-23(29)18-26(2)24(30)19-28-15-13-27(14-16-28)17-20-9-5-4-6-10-20/h4-12H,3,13-19H2,1-2H3,(H,25,29)/p+2. The number of aryl methyl sites for hydroxylation is 1. The van der Waals surface area contributed by atoms with Gasteiger partial charge in [0.2, 0.25) is 5.91 Å². The first-order valence-corrected chi connectivity index (χ1v) is 10.9. The molecule has 3 rings (SSSR count). The zero-order valence-corrected chi connectivity index (χ0v) is 18.1. The van der Waals surface area contributed by atoms with Gasteiger partial charge in [0.1, 0.15) is 32.7 Å². The van der Waals surface area contributed by atoms with E-state index in [4.69, 9.17) is 0 Å². The Balaban J connectivity index is 1.40. The highest BCUT2D eigenvalue weighted by Gasteiger charge is 2.26. The van der Waals surface area contributed by atoms with Gasteiger partial charge < -0.3 is 20.0 Å². The summed E-state index contributed by atoms with van der Waals surface area (Å²) in [4.78, 5) is 29.4. The molecule has 2 aromatic rings. The van der Waals surface area contributed by atoms with Crippen LogP contribution in [-0.2, 0) is 22.6 Å². The predicted molar refractivity (Wildman–Crippen MR) is 118 cm³/mol. The molecule has 0 atom stereocenters. The molecule has 0 spiro atoms. The van der Waals surface area contributed by atoms with Crippen molar-refractivity contribution in [2.24, 2.45) is 0 Å². The fraction of sp³-hybridized carbons (Fsp3) is 0.417. The Morgan fingerprint density at radius 2 is 1.57 bits per heavy atom. The summed E-state index contributed by atoms with van der Waals surface area (Å²) in [5.41, 5.74) is 3.29. The number of benzene rings is 2. The van der Waals surface area contributed by atoms with Crippen molar-refractivity contribution in [3.05, 3.63) is 65.7 Å². The lowest BCUT2D eigenvalue weighted by Crippen LogP contribution is -3.28. The third-order valence-electron chi connectivity index (χ3n) is 5.84. The lowest BCUT2D eigenvalue weighted by molar-refractivity contribution is -1.02. The number of carbonyl (C=O) groups is 2. The van der Waals surface area contributed by atoms with Gasteiger partial charge in [-0.25, -0.2) is 0 Å². The van der Waals surface area contributed by atoms with Gasteiger partial charge in [-0.05, 0) is 18.1 Å². The number of nitrogens with one attached hydrogen (secondary N) is 3. The number of hydrogen-bond donors (Lipinski definition) is 3. The third-order valence-corrected chi connectivity index (χ3v) is 5.84. The molecule has 6 heteroatoms. The number of rotatable bonds is 8. The van der Waals surface area contributed by atoms with E-state index in [2.05, 4.69) is 36.5 Å². The molecule has 0 bridgehead atoms. The number of piperazine rings is 1. The molecule has 1 aliphatic heterocycles. The van der Waals surface area contributed by atoms with Crippen molar-refractivity contribution in [3.63, 3.8) is 0 Å². The van der Waals surface area contributed by atoms with Gasteiger partial charge in [-0.15, -0.1) is 0 Å². The summed E-state index contributed by atoms with van der Waals surface area (Å²) in [6.07, 6.45) is 0.854. The average Bonchev–Trinajstić information content (AvgIpc) is 2.76. The Hall–Kier alpha value is -2.70. The Morgan fingerprint density at radius 1 is 0.933 bits per heavy atom. The van der Waals surface area contributed by atoms with Crippen LogP contribution in [0, 0.1) is 0 Å². The van der Waals surface area contributed by atoms with Gasteiger partial charge in [-0.3, -0.25) is 9.59 Å². The summed E-state index contributed by atoms with van der Waals surface area (Å²) in [6, 6.07) is 18.4. The minimum Gasteiger partial charge on any atom is -0.332 e. The van der Waals surface area contributed by atoms with Crippen molar-refractivity contribution in [2.45, 2.75) is 19.9 Å². The van der Waals surface area contributed by atoms with Crippen LogP contribution in [0.5, 0.6) is 0 Å². The lowest BCUT2D eigenvalue weighted by Gasteiger charge is -2.30. The van der Waals surface area contributed by atoms with Gasteiger partial charge in [0.15, 0.2) is 6.54 Å². The third kappa shape index (κ3) is 6.40. The molecule has 30 heavy (non-hydrogen) atoms. The second-order valence-corrected chi connectivity index (χ2v) is 8.15. The van der Waals surface area contributed by atoms with Crippen molar-refractivity contribution < 1.29 is 19.4 Å². The first-order chi connectivity index (χ1) is 14.5. The van der Waals surface area contributed by atoms with E-state index in [-0.39, 0.29) is 18.4 Å². The van der Waals surface area contributed by atoms with E-state index in [9.17, 15) is 9.59 Å². The molecule has 0 radical (unpaired) electrons. The molecule has 1 aliphatic rings. The number of para-hydroxylation sites is 1. The normalized spacial score (nSPS) is 18.6. The van der Waals surface area contributed by atoms with Crippen LogP contribution < -0.4 is 15.1 Å². The molecule has 1 saturated heterocycles. The maximum atomic E-state index is 12.6. The molecule has 1 heterocycles. The molecule has 2 amide bonds. The second-order valence-electron chi connectivity index (χ2n) is 8.15. The number of carbonyl (C=O) groups excluding carboxylic acids is 2. The minimum absolute atomic E-state index is 0.0236. The van der Waals surface area contributed by atoms with Crippen LogP contribution in [0.2, 0.25) is 0 Å². The molecule has 1 fully saturated rings. The molecule has 0 unspecified atom stereocenters. The van der Waals surface area contributed by atoms with Gasteiger partial charge in [0, 0.05) is 18.3 Å². The summed E-state index contributed by atoms with van der Waals surface area (Å²) >= 11 is 0. The maximum Gasteiger partial charge on any atom is 0.277 e. The van der Waals surface area contributed by atoms with E-state index in [1.54, 1.807) is 16.8 Å². The molecule has 3 N–H and O–H groups in total. The molecule has 0 saturated carbocycles. The molecule has 2 aromatic carbocycles. The Bertz CT molecular complexity index is 832. The van der Waals surface area contributed by atoms with Crippen LogP contribution in [0.4, 0.5) is 5.69 Å². The Morgan fingerprint density at radius 3 is 2.27 bits per heavy atom. The zero-order valence-electron chi connectivity index (χ0n) is 18.1. The summed E-state index contributed by atoms with van der Waals surface area (Å²) in [6.45, 7) is 7.73.